The van der Waals surface area contributed by atoms with E-state index in [1.54, 1.807) is 13.2 Å². The van der Waals surface area contributed by atoms with Crippen LogP contribution in [0.2, 0.25) is 0 Å². The Morgan fingerprint density at radius 1 is 1.58 bits per heavy atom. The van der Waals surface area contributed by atoms with Crippen molar-refractivity contribution in [3.63, 3.8) is 0 Å². The van der Waals surface area contributed by atoms with E-state index in [9.17, 15) is 4.79 Å². The maximum absolute atomic E-state index is 12.0. The summed E-state index contributed by atoms with van der Waals surface area (Å²) in [4.78, 5) is 16.2. The predicted octanol–water partition coefficient (Wildman–Crippen LogP) is 1.89. The van der Waals surface area contributed by atoms with Crippen LogP contribution in [-0.4, -0.2) is 31.2 Å². The number of anilines is 1. The number of benzene rings is 1. The molecule has 0 aliphatic rings. The van der Waals surface area contributed by atoms with Crippen LogP contribution in [0.1, 0.15) is 17.3 Å². The van der Waals surface area contributed by atoms with E-state index in [-0.39, 0.29) is 11.8 Å². The largest absolute Gasteiger partial charge is 0.384 e. The van der Waals surface area contributed by atoms with Gasteiger partial charge < -0.3 is 15.8 Å². The fourth-order valence-corrected chi connectivity index (χ4v) is 2.57. The summed E-state index contributed by atoms with van der Waals surface area (Å²) in [6.45, 7) is 3.25. The van der Waals surface area contributed by atoms with Gasteiger partial charge in [0.15, 0.2) is 5.13 Å². The number of hydrogen-bond acceptors (Lipinski definition) is 5. The molecule has 0 aliphatic heterocycles. The molecule has 19 heavy (non-hydrogen) atoms. The maximum atomic E-state index is 12.0. The number of amides is 1. The highest BCUT2D eigenvalue weighted by Crippen LogP contribution is 2.24. The Balaban J connectivity index is 2.04. The Kier molecular flexibility index (Phi) is 4.34. The molecule has 5 nitrogen and oxygen atoms in total. The van der Waals surface area contributed by atoms with Crippen molar-refractivity contribution in [2.75, 3.05) is 26.0 Å². The highest BCUT2D eigenvalue weighted by molar-refractivity contribution is 7.22. The van der Waals surface area contributed by atoms with Gasteiger partial charge in [0.1, 0.15) is 0 Å². The Bertz CT molecular complexity index is 582. The van der Waals surface area contributed by atoms with Crippen molar-refractivity contribution in [3.05, 3.63) is 23.8 Å². The first-order chi connectivity index (χ1) is 9.10. The molecule has 2 rings (SSSR count). The molecule has 0 saturated heterocycles. The third kappa shape index (κ3) is 3.42. The molecule has 3 N–H and O–H groups in total. The molecule has 1 atom stereocenters. The number of rotatable bonds is 5. The topological polar surface area (TPSA) is 77.2 Å². The van der Waals surface area contributed by atoms with Crippen LogP contribution in [0.4, 0.5) is 5.13 Å². The fraction of sp³-hybridized carbons (Fsp3) is 0.385. The van der Waals surface area contributed by atoms with Crippen molar-refractivity contribution >= 4 is 32.6 Å². The smallest absolute Gasteiger partial charge is 0.251 e. The maximum Gasteiger partial charge on any atom is 0.251 e. The molecular weight excluding hydrogens is 262 g/mol. The van der Waals surface area contributed by atoms with E-state index in [2.05, 4.69) is 10.3 Å². The van der Waals surface area contributed by atoms with Crippen LogP contribution in [0.3, 0.4) is 0 Å². The van der Waals surface area contributed by atoms with Crippen molar-refractivity contribution in [2.45, 2.75) is 6.92 Å². The van der Waals surface area contributed by atoms with Crippen LogP contribution in [-0.2, 0) is 4.74 Å². The number of ether oxygens (including phenoxy) is 1. The van der Waals surface area contributed by atoms with Crippen molar-refractivity contribution < 1.29 is 9.53 Å². The van der Waals surface area contributed by atoms with Crippen LogP contribution in [0, 0.1) is 5.92 Å². The normalized spacial score (nSPS) is 12.5. The summed E-state index contributed by atoms with van der Waals surface area (Å²) in [6, 6.07) is 5.40. The minimum Gasteiger partial charge on any atom is -0.384 e. The van der Waals surface area contributed by atoms with E-state index >= 15 is 0 Å². The number of aromatic nitrogens is 1. The molecule has 6 heteroatoms. The molecule has 1 aromatic heterocycles. The molecule has 1 amide bonds. The SMILES string of the molecule is COCC(C)CNC(=O)c1ccc2nc(N)sc2c1. The van der Waals surface area contributed by atoms with Gasteiger partial charge in [0.25, 0.3) is 5.91 Å². The monoisotopic (exact) mass is 279 g/mol. The van der Waals surface area contributed by atoms with Gasteiger partial charge in [0.2, 0.25) is 0 Å². The van der Waals surface area contributed by atoms with Gasteiger partial charge in [0, 0.05) is 19.2 Å². The van der Waals surface area contributed by atoms with E-state index in [1.165, 1.54) is 11.3 Å². The highest BCUT2D eigenvalue weighted by Gasteiger charge is 2.10. The summed E-state index contributed by atoms with van der Waals surface area (Å²) in [6.07, 6.45) is 0. The van der Waals surface area contributed by atoms with Gasteiger partial charge in [-0.25, -0.2) is 4.98 Å². The lowest BCUT2D eigenvalue weighted by atomic mass is 10.1. The summed E-state index contributed by atoms with van der Waals surface area (Å²) in [7, 11) is 1.65. The van der Waals surface area contributed by atoms with Crippen LogP contribution in [0.15, 0.2) is 18.2 Å². The average molecular weight is 279 g/mol. The lowest BCUT2D eigenvalue weighted by Gasteiger charge is -2.11. The minimum absolute atomic E-state index is 0.0863. The number of carbonyl (C=O) groups is 1. The van der Waals surface area contributed by atoms with Crippen LogP contribution < -0.4 is 11.1 Å². The van der Waals surface area contributed by atoms with E-state index in [1.807, 2.05) is 19.1 Å². The number of methoxy groups -OCH3 is 1. The molecular formula is C13H17N3O2S. The number of nitrogens with two attached hydrogens (primary N) is 1. The van der Waals surface area contributed by atoms with Gasteiger partial charge in [-0.2, -0.15) is 0 Å². The molecule has 0 fully saturated rings. The van der Waals surface area contributed by atoms with Gasteiger partial charge in [-0.1, -0.05) is 18.3 Å². The van der Waals surface area contributed by atoms with Crippen LogP contribution in [0.25, 0.3) is 10.2 Å². The number of nitrogens with one attached hydrogen (secondary N) is 1. The summed E-state index contributed by atoms with van der Waals surface area (Å²) in [5, 5.41) is 3.40. The van der Waals surface area contributed by atoms with Crippen molar-refractivity contribution in [1.29, 1.82) is 0 Å². The van der Waals surface area contributed by atoms with Crippen molar-refractivity contribution in [3.8, 4) is 0 Å². The highest BCUT2D eigenvalue weighted by atomic mass is 32.1. The third-order valence-electron chi connectivity index (χ3n) is 2.73. The summed E-state index contributed by atoms with van der Waals surface area (Å²) in [5.74, 6) is 0.202. The van der Waals surface area contributed by atoms with E-state index < -0.39 is 0 Å². The zero-order valence-electron chi connectivity index (χ0n) is 11.0. The molecule has 0 saturated carbocycles. The second-order valence-electron chi connectivity index (χ2n) is 4.51. The first kappa shape index (κ1) is 13.8. The van der Waals surface area contributed by atoms with Gasteiger partial charge in [-0.15, -0.1) is 0 Å². The van der Waals surface area contributed by atoms with Gasteiger partial charge in [-0.3, -0.25) is 4.79 Å². The number of carbonyl (C=O) groups excluding carboxylic acids is 1. The number of hydrogen-bond donors (Lipinski definition) is 2. The number of nitrogens with zero attached hydrogens (tertiary/aromatic N) is 1. The number of nitrogen functional groups attached to an aromatic ring is 1. The first-order valence-corrected chi connectivity index (χ1v) is 6.85. The Morgan fingerprint density at radius 3 is 3.11 bits per heavy atom. The standard InChI is InChI=1S/C13H17N3O2S/c1-8(7-18-2)6-15-12(17)9-3-4-10-11(5-9)19-13(14)16-10/h3-5,8H,6-7H2,1-2H3,(H2,14,16)(H,15,17). The molecule has 0 aliphatic carbocycles. The predicted molar refractivity (Wildman–Crippen MR) is 77.4 cm³/mol. The Hall–Kier alpha value is -1.66. The average Bonchev–Trinajstić information content (AvgIpc) is 2.75. The molecule has 2 aromatic rings. The quantitative estimate of drug-likeness (QED) is 0.876. The van der Waals surface area contributed by atoms with Gasteiger partial charge >= 0.3 is 0 Å². The number of thiazole rings is 1. The summed E-state index contributed by atoms with van der Waals surface area (Å²) < 4.78 is 5.96. The Morgan fingerprint density at radius 2 is 2.37 bits per heavy atom. The second-order valence-corrected chi connectivity index (χ2v) is 5.57. The zero-order valence-corrected chi connectivity index (χ0v) is 11.8. The third-order valence-corrected chi connectivity index (χ3v) is 3.58. The van der Waals surface area contributed by atoms with E-state index in [4.69, 9.17) is 10.5 Å². The van der Waals surface area contributed by atoms with Gasteiger partial charge in [0.05, 0.1) is 16.8 Å². The van der Waals surface area contributed by atoms with E-state index in [0.717, 1.165) is 10.2 Å². The molecule has 0 spiro atoms. The molecule has 1 aromatic carbocycles. The first-order valence-electron chi connectivity index (χ1n) is 6.03. The summed E-state index contributed by atoms with van der Waals surface area (Å²) in [5.41, 5.74) is 7.09. The van der Waals surface area contributed by atoms with Crippen LogP contribution in [0.5, 0.6) is 0 Å². The molecule has 0 bridgehead atoms. The minimum atomic E-state index is -0.0863. The fourth-order valence-electron chi connectivity index (χ4n) is 1.80. The molecule has 1 unspecified atom stereocenters. The zero-order chi connectivity index (χ0) is 13.8. The molecule has 102 valence electrons. The molecule has 0 radical (unpaired) electrons. The van der Waals surface area contributed by atoms with E-state index in [0.29, 0.717) is 23.8 Å². The lowest BCUT2D eigenvalue weighted by molar-refractivity contribution is 0.0934. The number of fused-ring (bicyclic) bond motifs is 1. The lowest BCUT2D eigenvalue weighted by Crippen LogP contribution is -2.29. The van der Waals surface area contributed by atoms with Crippen molar-refractivity contribution in [2.24, 2.45) is 5.92 Å². The van der Waals surface area contributed by atoms with Crippen molar-refractivity contribution in [1.82, 2.24) is 10.3 Å². The second kappa shape index (κ2) is 5.99. The molecule has 1 heterocycles. The van der Waals surface area contributed by atoms with Gasteiger partial charge in [-0.05, 0) is 24.1 Å². The Labute approximate surface area is 115 Å². The van der Waals surface area contributed by atoms with Crippen LogP contribution >= 0.6 is 11.3 Å². The summed E-state index contributed by atoms with van der Waals surface area (Å²) >= 11 is 1.38.